The van der Waals surface area contributed by atoms with Gasteiger partial charge in [0.25, 0.3) is 0 Å². The number of benzene rings is 1. The van der Waals surface area contributed by atoms with E-state index < -0.39 is 5.82 Å². The minimum absolute atomic E-state index is 0.0232. The van der Waals surface area contributed by atoms with Crippen molar-refractivity contribution >= 4 is 17.2 Å². The third kappa shape index (κ3) is 3.12. The van der Waals surface area contributed by atoms with Crippen molar-refractivity contribution in [2.24, 2.45) is 5.92 Å². The molecule has 2 heterocycles. The fraction of sp³-hybridized carbons (Fsp3) is 0.316. The summed E-state index contributed by atoms with van der Waals surface area (Å²) in [4.78, 5) is 16.8. The Morgan fingerprint density at radius 2 is 2.08 bits per heavy atom. The number of nitrogens with zero attached hydrogens (tertiary/aromatic N) is 3. The van der Waals surface area contributed by atoms with Gasteiger partial charge in [-0.15, -0.1) is 5.10 Å². The average Bonchev–Trinajstić information content (AvgIpc) is 3.32. The van der Waals surface area contributed by atoms with Gasteiger partial charge in [0, 0.05) is 17.5 Å². The lowest BCUT2D eigenvalue weighted by Crippen LogP contribution is -2.20. The van der Waals surface area contributed by atoms with Crippen LogP contribution in [-0.4, -0.2) is 27.6 Å². The molecular weight excluding hydrogens is 335 g/mol. The molecule has 4 rings (SSSR count). The molecule has 26 heavy (non-hydrogen) atoms. The van der Waals surface area contributed by atoms with Gasteiger partial charge in [-0.05, 0) is 37.1 Å². The monoisotopic (exact) mass is 354 g/mol. The second-order valence-electron chi connectivity index (χ2n) is 6.47. The van der Waals surface area contributed by atoms with E-state index in [1.807, 2.05) is 0 Å². The Kier molecular flexibility index (Phi) is 4.28. The maximum atomic E-state index is 14.2. The van der Waals surface area contributed by atoms with Gasteiger partial charge in [0.1, 0.15) is 5.82 Å². The molecule has 7 heteroatoms. The molecule has 0 radical (unpaired) electrons. The molecule has 0 atom stereocenters. The van der Waals surface area contributed by atoms with Crippen molar-refractivity contribution < 1.29 is 13.9 Å². The van der Waals surface area contributed by atoms with Crippen LogP contribution in [0.15, 0.2) is 36.5 Å². The summed E-state index contributed by atoms with van der Waals surface area (Å²) >= 11 is 0. The number of carbonyl (C=O) groups is 1. The lowest BCUT2D eigenvalue weighted by molar-refractivity contribution is -0.119. The fourth-order valence-corrected chi connectivity index (χ4v) is 3.32. The maximum absolute atomic E-state index is 14.2. The van der Waals surface area contributed by atoms with Gasteiger partial charge in [-0.2, -0.15) is 0 Å². The molecule has 0 aliphatic heterocycles. The summed E-state index contributed by atoms with van der Waals surface area (Å²) in [5.74, 6) is -0.112. The Morgan fingerprint density at radius 3 is 2.85 bits per heavy atom. The molecule has 1 aliphatic rings. The van der Waals surface area contributed by atoms with Gasteiger partial charge in [-0.25, -0.2) is 13.9 Å². The van der Waals surface area contributed by atoms with Crippen LogP contribution >= 0.6 is 0 Å². The van der Waals surface area contributed by atoms with Crippen LogP contribution in [0.3, 0.4) is 0 Å². The Bertz CT molecular complexity index is 963. The van der Waals surface area contributed by atoms with Gasteiger partial charge in [0.05, 0.1) is 24.7 Å². The molecule has 1 aromatic carbocycles. The average molecular weight is 354 g/mol. The van der Waals surface area contributed by atoms with Gasteiger partial charge >= 0.3 is 0 Å². The van der Waals surface area contributed by atoms with E-state index >= 15 is 0 Å². The number of amides is 1. The second kappa shape index (κ2) is 6.74. The summed E-state index contributed by atoms with van der Waals surface area (Å²) in [6.45, 7) is 0. The lowest BCUT2D eigenvalue weighted by atomic mass is 10.1. The highest BCUT2D eigenvalue weighted by Crippen LogP contribution is 2.28. The fourth-order valence-electron chi connectivity index (χ4n) is 3.32. The Balaban J connectivity index is 1.63. The number of aromatic nitrogens is 3. The van der Waals surface area contributed by atoms with Crippen LogP contribution in [-0.2, 0) is 4.79 Å². The number of ether oxygens (including phenoxy) is 1. The van der Waals surface area contributed by atoms with E-state index in [1.54, 1.807) is 42.1 Å². The first kappa shape index (κ1) is 16.5. The largest absolute Gasteiger partial charge is 0.480 e. The van der Waals surface area contributed by atoms with Gasteiger partial charge in [0.15, 0.2) is 5.65 Å². The first-order valence-electron chi connectivity index (χ1n) is 8.65. The third-order valence-electron chi connectivity index (χ3n) is 4.75. The van der Waals surface area contributed by atoms with E-state index in [2.05, 4.69) is 15.4 Å². The van der Waals surface area contributed by atoms with Crippen LogP contribution in [0.2, 0.25) is 0 Å². The van der Waals surface area contributed by atoms with E-state index in [-0.39, 0.29) is 17.5 Å². The number of methoxy groups -OCH3 is 1. The predicted octanol–water partition coefficient (Wildman–Crippen LogP) is 3.67. The molecule has 0 spiro atoms. The van der Waals surface area contributed by atoms with Gasteiger partial charge in [-0.3, -0.25) is 4.79 Å². The highest BCUT2D eigenvalue weighted by Gasteiger charge is 2.23. The van der Waals surface area contributed by atoms with Crippen LogP contribution in [0.4, 0.5) is 10.1 Å². The van der Waals surface area contributed by atoms with Gasteiger partial charge in [-0.1, -0.05) is 12.8 Å². The molecule has 1 fully saturated rings. The predicted molar refractivity (Wildman–Crippen MR) is 95.5 cm³/mol. The van der Waals surface area contributed by atoms with Crippen LogP contribution < -0.4 is 10.1 Å². The topological polar surface area (TPSA) is 68.5 Å². The van der Waals surface area contributed by atoms with Crippen LogP contribution in [0.5, 0.6) is 5.88 Å². The van der Waals surface area contributed by atoms with Gasteiger partial charge in [0.2, 0.25) is 11.8 Å². The third-order valence-corrected chi connectivity index (χ3v) is 4.75. The van der Waals surface area contributed by atoms with E-state index in [9.17, 15) is 9.18 Å². The molecule has 1 N–H and O–H groups in total. The molecular formula is C19H19FN4O2. The smallest absolute Gasteiger partial charge is 0.231 e. The van der Waals surface area contributed by atoms with Crippen LogP contribution in [0.25, 0.3) is 16.9 Å². The molecule has 1 aliphatic carbocycles. The van der Waals surface area contributed by atoms with E-state index in [4.69, 9.17) is 4.74 Å². The number of rotatable bonds is 4. The number of anilines is 1. The number of fused-ring (bicyclic) bond motifs is 1. The highest BCUT2D eigenvalue weighted by atomic mass is 19.1. The number of imidazole rings is 1. The first-order valence-corrected chi connectivity index (χ1v) is 8.65. The molecule has 2 aromatic heterocycles. The lowest BCUT2D eigenvalue weighted by Gasteiger charge is -2.11. The van der Waals surface area contributed by atoms with Crippen molar-refractivity contribution in [2.45, 2.75) is 25.7 Å². The van der Waals surface area contributed by atoms with E-state index in [1.165, 1.54) is 6.07 Å². The zero-order valence-corrected chi connectivity index (χ0v) is 14.4. The maximum Gasteiger partial charge on any atom is 0.231 e. The molecule has 1 saturated carbocycles. The van der Waals surface area contributed by atoms with Gasteiger partial charge < -0.3 is 10.1 Å². The number of halogens is 1. The van der Waals surface area contributed by atoms with Crippen LogP contribution in [0, 0.1) is 11.7 Å². The SMILES string of the molecule is COc1ccc2nc(-c3ccc(F)c(NC(=O)C4CCCC4)c3)cn2n1. The standard InChI is InChI=1S/C19H19FN4O2/c1-26-18-9-8-17-21-16(11-24(17)23-18)13-6-7-14(20)15(10-13)22-19(25)12-4-2-3-5-12/h6-12H,2-5H2,1H3,(H,22,25). The van der Waals surface area contributed by atoms with E-state index in [0.29, 0.717) is 22.8 Å². The minimum atomic E-state index is -0.455. The van der Waals surface area contributed by atoms with Crippen molar-refractivity contribution in [1.29, 1.82) is 0 Å². The Hall–Kier alpha value is -2.96. The summed E-state index contributed by atoms with van der Waals surface area (Å²) in [7, 11) is 1.55. The normalized spacial score (nSPS) is 14.7. The second-order valence-corrected chi connectivity index (χ2v) is 6.47. The van der Waals surface area contributed by atoms with Crippen molar-refractivity contribution in [1.82, 2.24) is 14.6 Å². The van der Waals surface area contributed by atoms with E-state index in [0.717, 1.165) is 25.7 Å². The number of nitrogens with one attached hydrogen (secondary N) is 1. The molecule has 3 aromatic rings. The van der Waals surface area contributed by atoms with Crippen molar-refractivity contribution in [2.75, 3.05) is 12.4 Å². The highest BCUT2D eigenvalue weighted by molar-refractivity contribution is 5.93. The number of hydrogen-bond donors (Lipinski definition) is 1. The Labute approximate surface area is 150 Å². The summed E-state index contributed by atoms with van der Waals surface area (Å²) in [5.41, 5.74) is 2.18. The summed E-state index contributed by atoms with van der Waals surface area (Å²) in [5, 5.41) is 7.00. The quantitative estimate of drug-likeness (QED) is 0.776. The summed E-state index contributed by atoms with van der Waals surface area (Å²) < 4.78 is 20.9. The summed E-state index contributed by atoms with van der Waals surface area (Å²) in [6, 6.07) is 8.12. The first-order chi connectivity index (χ1) is 12.6. The van der Waals surface area contributed by atoms with Crippen molar-refractivity contribution in [3.05, 3.63) is 42.3 Å². The molecule has 1 amide bonds. The molecule has 0 unspecified atom stereocenters. The Morgan fingerprint density at radius 1 is 1.27 bits per heavy atom. The zero-order valence-electron chi connectivity index (χ0n) is 14.4. The van der Waals surface area contributed by atoms with Crippen LogP contribution in [0.1, 0.15) is 25.7 Å². The molecule has 0 saturated heterocycles. The van der Waals surface area contributed by atoms with Crippen molar-refractivity contribution in [3.63, 3.8) is 0 Å². The number of hydrogen-bond acceptors (Lipinski definition) is 4. The molecule has 0 bridgehead atoms. The molecule has 6 nitrogen and oxygen atoms in total. The molecule has 134 valence electrons. The zero-order chi connectivity index (χ0) is 18.1. The summed E-state index contributed by atoms with van der Waals surface area (Å²) in [6.07, 6.45) is 5.59. The minimum Gasteiger partial charge on any atom is -0.480 e. The van der Waals surface area contributed by atoms with Crippen molar-refractivity contribution in [3.8, 4) is 17.1 Å². The number of carbonyl (C=O) groups excluding carboxylic acids is 1.